The van der Waals surface area contributed by atoms with Crippen molar-refractivity contribution in [2.75, 3.05) is 32.7 Å². The molecule has 4 nitrogen and oxygen atoms in total. The van der Waals surface area contributed by atoms with Crippen molar-refractivity contribution in [1.82, 2.24) is 4.90 Å². The minimum atomic E-state index is -0.593. The predicted molar refractivity (Wildman–Crippen MR) is 66.6 cm³/mol. The van der Waals surface area contributed by atoms with Crippen LogP contribution in [0, 0.1) is 5.82 Å². The average Bonchev–Trinajstić information content (AvgIpc) is 2.33. The highest BCUT2D eigenvalue weighted by atomic mass is 35.5. The zero-order valence-electron chi connectivity index (χ0n) is 10.0. The SMILES string of the molecule is COCCN(CCCl)C(=O)c1ccc(F)cc1O. The molecule has 0 aliphatic rings. The molecule has 0 aliphatic carbocycles. The Bertz CT molecular complexity index is 414. The standard InChI is InChI=1S/C12H15ClFNO3/c1-18-7-6-15(5-4-13)12(17)10-3-2-9(14)8-11(10)16/h2-3,8,16H,4-7H2,1H3. The molecule has 1 rings (SSSR count). The zero-order chi connectivity index (χ0) is 13.5. The molecule has 0 fully saturated rings. The van der Waals surface area contributed by atoms with E-state index in [0.29, 0.717) is 19.7 Å². The first-order chi connectivity index (χ1) is 8.60. The summed E-state index contributed by atoms with van der Waals surface area (Å²) in [5.74, 6) is -1.09. The summed E-state index contributed by atoms with van der Waals surface area (Å²) in [7, 11) is 1.53. The van der Waals surface area contributed by atoms with Gasteiger partial charge in [0.05, 0.1) is 12.2 Å². The lowest BCUT2D eigenvalue weighted by Crippen LogP contribution is -2.35. The van der Waals surface area contributed by atoms with E-state index in [4.69, 9.17) is 16.3 Å². The molecule has 0 bridgehead atoms. The van der Waals surface area contributed by atoms with Gasteiger partial charge in [-0.2, -0.15) is 0 Å². The number of nitrogens with zero attached hydrogens (tertiary/aromatic N) is 1. The number of carbonyl (C=O) groups is 1. The van der Waals surface area contributed by atoms with Crippen LogP contribution in [0.15, 0.2) is 18.2 Å². The fourth-order valence-electron chi connectivity index (χ4n) is 1.47. The van der Waals surface area contributed by atoms with E-state index in [1.165, 1.54) is 18.1 Å². The highest BCUT2D eigenvalue weighted by Gasteiger charge is 2.18. The fourth-order valence-corrected chi connectivity index (χ4v) is 1.68. The van der Waals surface area contributed by atoms with Gasteiger partial charge >= 0.3 is 0 Å². The molecule has 0 atom stereocenters. The molecule has 0 aliphatic heterocycles. The smallest absolute Gasteiger partial charge is 0.257 e. The second-order valence-electron chi connectivity index (χ2n) is 3.64. The van der Waals surface area contributed by atoms with Gasteiger partial charge < -0.3 is 14.7 Å². The molecule has 6 heteroatoms. The van der Waals surface area contributed by atoms with Gasteiger partial charge in [0, 0.05) is 32.1 Å². The number of rotatable bonds is 6. The molecule has 0 radical (unpaired) electrons. The molecule has 0 saturated carbocycles. The van der Waals surface area contributed by atoms with Gasteiger partial charge in [-0.05, 0) is 12.1 Å². The van der Waals surface area contributed by atoms with E-state index >= 15 is 0 Å². The predicted octanol–water partition coefficient (Wildman–Crippen LogP) is 1.86. The summed E-state index contributed by atoms with van der Waals surface area (Å²) >= 11 is 5.61. The lowest BCUT2D eigenvalue weighted by atomic mass is 10.1. The number of aromatic hydroxyl groups is 1. The van der Waals surface area contributed by atoms with Crippen LogP contribution < -0.4 is 0 Å². The summed E-state index contributed by atoms with van der Waals surface area (Å²) in [5, 5.41) is 9.55. The minimum absolute atomic E-state index is 0.0534. The number of methoxy groups -OCH3 is 1. The maximum atomic E-state index is 12.8. The molecule has 1 aromatic carbocycles. The largest absolute Gasteiger partial charge is 0.507 e. The van der Waals surface area contributed by atoms with E-state index in [-0.39, 0.29) is 17.2 Å². The second-order valence-corrected chi connectivity index (χ2v) is 4.01. The van der Waals surface area contributed by atoms with Gasteiger partial charge in [0.2, 0.25) is 0 Å². The number of halogens is 2. The Labute approximate surface area is 110 Å². The van der Waals surface area contributed by atoms with Crippen LogP contribution >= 0.6 is 11.6 Å². The maximum absolute atomic E-state index is 12.8. The monoisotopic (exact) mass is 275 g/mol. The Morgan fingerprint density at radius 1 is 1.50 bits per heavy atom. The minimum Gasteiger partial charge on any atom is -0.507 e. The lowest BCUT2D eigenvalue weighted by molar-refractivity contribution is 0.0705. The second kappa shape index (κ2) is 7.18. The van der Waals surface area contributed by atoms with Crippen molar-refractivity contribution in [2.24, 2.45) is 0 Å². The summed E-state index contributed by atoms with van der Waals surface area (Å²) in [6.45, 7) is 1.06. The molecular weight excluding hydrogens is 261 g/mol. The average molecular weight is 276 g/mol. The fraction of sp³-hybridized carbons (Fsp3) is 0.417. The van der Waals surface area contributed by atoms with Gasteiger partial charge in [-0.25, -0.2) is 4.39 Å². The van der Waals surface area contributed by atoms with Gasteiger partial charge in [0.1, 0.15) is 11.6 Å². The van der Waals surface area contributed by atoms with Crippen molar-refractivity contribution in [3.63, 3.8) is 0 Å². The molecule has 1 amide bonds. The van der Waals surface area contributed by atoms with Crippen LogP contribution in [0.5, 0.6) is 5.75 Å². The zero-order valence-corrected chi connectivity index (χ0v) is 10.8. The van der Waals surface area contributed by atoms with Crippen molar-refractivity contribution in [3.8, 4) is 5.75 Å². The van der Waals surface area contributed by atoms with Crippen molar-refractivity contribution in [3.05, 3.63) is 29.6 Å². The molecule has 18 heavy (non-hydrogen) atoms. The van der Waals surface area contributed by atoms with E-state index < -0.39 is 11.7 Å². The van der Waals surface area contributed by atoms with Crippen LogP contribution in [0.25, 0.3) is 0 Å². The molecule has 0 saturated heterocycles. The Morgan fingerprint density at radius 2 is 2.22 bits per heavy atom. The molecule has 1 aromatic rings. The first-order valence-corrected chi connectivity index (χ1v) is 5.96. The third kappa shape index (κ3) is 3.85. The van der Waals surface area contributed by atoms with E-state index in [9.17, 15) is 14.3 Å². The Hall–Kier alpha value is -1.33. The number of ether oxygens (including phenoxy) is 1. The van der Waals surface area contributed by atoms with Crippen molar-refractivity contribution in [1.29, 1.82) is 0 Å². The Morgan fingerprint density at radius 3 is 2.78 bits per heavy atom. The van der Waals surface area contributed by atoms with Gasteiger partial charge in [-0.3, -0.25) is 4.79 Å². The van der Waals surface area contributed by atoms with E-state index in [2.05, 4.69) is 0 Å². The van der Waals surface area contributed by atoms with Gasteiger partial charge in [-0.1, -0.05) is 0 Å². The molecule has 0 unspecified atom stereocenters. The summed E-state index contributed by atoms with van der Waals surface area (Å²) in [4.78, 5) is 13.5. The quantitative estimate of drug-likeness (QED) is 0.806. The van der Waals surface area contributed by atoms with E-state index in [1.54, 1.807) is 0 Å². The number of hydrogen-bond acceptors (Lipinski definition) is 3. The van der Waals surface area contributed by atoms with Crippen LogP contribution in [0.4, 0.5) is 4.39 Å². The van der Waals surface area contributed by atoms with Crippen molar-refractivity contribution in [2.45, 2.75) is 0 Å². The van der Waals surface area contributed by atoms with Crippen LogP contribution in [0.3, 0.4) is 0 Å². The first kappa shape index (κ1) is 14.7. The highest BCUT2D eigenvalue weighted by Crippen LogP contribution is 2.19. The third-order valence-corrected chi connectivity index (χ3v) is 2.57. The number of phenolic OH excluding ortho intramolecular Hbond substituents is 1. The summed E-state index contributed by atoms with van der Waals surface area (Å²) in [5.41, 5.74) is 0.0534. The van der Waals surface area contributed by atoms with Gasteiger partial charge in [0.15, 0.2) is 0 Å². The Balaban J connectivity index is 2.87. The summed E-state index contributed by atoms with van der Waals surface area (Å²) < 4.78 is 17.7. The number of hydrogen-bond donors (Lipinski definition) is 1. The van der Waals surface area contributed by atoms with Crippen molar-refractivity contribution < 1.29 is 19.0 Å². The molecule has 0 heterocycles. The van der Waals surface area contributed by atoms with Crippen LogP contribution in [0.1, 0.15) is 10.4 Å². The highest BCUT2D eigenvalue weighted by molar-refractivity contribution is 6.18. The molecule has 0 spiro atoms. The van der Waals surface area contributed by atoms with Crippen LogP contribution in [-0.2, 0) is 4.74 Å². The number of amides is 1. The van der Waals surface area contributed by atoms with Crippen LogP contribution in [0.2, 0.25) is 0 Å². The van der Waals surface area contributed by atoms with Gasteiger partial charge in [-0.15, -0.1) is 11.6 Å². The summed E-state index contributed by atoms with van der Waals surface area (Å²) in [6.07, 6.45) is 0. The topological polar surface area (TPSA) is 49.8 Å². The first-order valence-electron chi connectivity index (χ1n) is 5.42. The third-order valence-electron chi connectivity index (χ3n) is 2.40. The molecule has 1 N–H and O–H groups in total. The van der Waals surface area contributed by atoms with E-state index in [0.717, 1.165) is 12.1 Å². The van der Waals surface area contributed by atoms with Crippen molar-refractivity contribution >= 4 is 17.5 Å². The maximum Gasteiger partial charge on any atom is 0.257 e. The number of alkyl halides is 1. The lowest BCUT2D eigenvalue weighted by Gasteiger charge is -2.21. The Kier molecular flexibility index (Phi) is 5.88. The number of benzene rings is 1. The van der Waals surface area contributed by atoms with Gasteiger partial charge in [0.25, 0.3) is 5.91 Å². The normalized spacial score (nSPS) is 10.4. The van der Waals surface area contributed by atoms with E-state index in [1.807, 2.05) is 0 Å². The number of carbonyl (C=O) groups excluding carboxylic acids is 1. The number of phenols is 1. The molecular formula is C12H15ClFNO3. The molecule has 100 valence electrons. The summed E-state index contributed by atoms with van der Waals surface area (Å²) in [6, 6.07) is 3.28. The molecule has 0 aromatic heterocycles. The van der Waals surface area contributed by atoms with Crippen LogP contribution in [-0.4, -0.2) is 48.6 Å².